The van der Waals surface area contributed by atoms with Gasteiger partial charge in [-0.05, 0) is 19.8 Å². The van der Waals surface area contributed by atoms with E-state index in [0.29, 0.717) is 0 Å². The van der Waals surface area contributed by atoms with Gasteiger partial charge in [0.25, 0.3) is 0 Å². The summed E-state index contributed by atoms with van der Waals surface area (Å²) in [6, 6.07) is 2.22. The van der Waals surface area contributed by atoms with E-state index in [2.05, 4.69) is 13.8 Å². The predicted octanol–water partition coefficient (Wildman–Crippen LogP) is 1.79. The van der Waals surface area contributed by atoms with Crippen molar-refractivity contribution >= 4 is 5.91 Å². The van der Waals surface area contributed by atoms with E-state index in [4.69, 9.17) is 5.26 Å². The summed E-state index contributed by atoms with van der Waals surface area (Å²) in [4.78, 5) is 13.2. The van der Waals surface area contributed by atoms with Crippen molar-refractivity contribution in [2.45, 2.75) is 39.7 Å². The largest absolute Gasteiger partial charge is 0.342 e. The molecule has 13 heavy (non-hydrogen) atoms. The maximum atomic E-state index is 11.5. The van der Waals surface area contributed by atoms with Crippen LogP contribution < -0.4 is 0 Å². The molecule has 1 amide bonds. The molecule has 0 aliphatic heterocycles. The molecule has 0 heterocycles. The molecular weight excluding hydrogens is 164 g/mol. The number of hydrogen-bond acceptors (Lipinski definition) is 2. The Labute approximate surface area is 80.3 Å². The average Bonchev–Trinajstić information content (AvgIpc) is 2.17. The van der Waals surface area contributed by atoms with Crippen LogP contribution in [0.2, 0.25) is 0 Å². The third-order valence-electron chi connectivity index (χ3n) is 2.40. The molecule has 0 saturated heterocycles. The molecule has 0 aliphatic carbocycles. The van der Waals surface area contributed by atoms with Crippen molar-refractivity contribution in [1.82, 2.24) is 4.90 Å². The third kappa shape index (κ3) is 3.06. The van der Waals surface area contributed by atoms with Crippen molar-refractivity contribution in [3.8, 4) is 6.07 Å². The number of carbonyl (C=O) groups excluding carboxylic acids is 1. The van der Waals surface area contributed by atoms with E-state index >= 15 is 0 Å². The van der Waals surface area contributed by atoms with Crippen LogP contribution in [-0.2, 0) is 4.79 Å². The summed E-state index contributed by atoms with van der Waals surface area (Å²) in [5.41, 5.74) is 0. The fraction of sp³-hybridized carbons (Fsp3) is 0.800. The maximum Gasteiger partial charge on any atom is 0.239 e. The molecule has 0 aromatic carbocycles. The fourth-order valence-corrected chi connectivity index (χ4v) is 1.38. The molecule has 3 heteroatoms. The smallest absolute Gasteiger partial charge is 0.239 e. The Bertz CT molecular complexity index is 203. The zero-order valence-corrected chi connectivity index (χ0v) is 8.87. The van der Waals surface area contributed by atoms with Crippen LogP contribution in [0.15, 0.2) is 0 Å². The number of carbonyl (C=O) groups is 1. The minimum atomic E-state index is -0.523. The molecule has 3 nitrogen and oxygen atoms in total. The molecule has 0 aromatic rings. The highest BCUT2D eigenvalue weighted by Crippen LogP contribution is 2.09. The minimum absolute atomic E-state index is 0.0730. The van der Waals surface area contributed by atoms with Gasteiger partial charge in [0.15, 0.2) is 0 Å². The van der Waals surface area contributed by atoms with Crippen LogP contribution in [-0.4, -0.2) is 23.9 Å². The summed E-state index contributed by atoms with van der Waals surface area (Å²) < 4.78 is 0. The van der Waals surface area contributed by atoms with Gasteiger partial charge in [-0.3, -0.25) is 4.79 Å². The van der Waals surface area contributed by atoms with Gasteiger partial charge in [0.2, 0.25) is 5.91 Å². The van der Waals surface area contributed by atoms with Gasteiger partial charge in [-0.1, -0.05) is 13.8 Å². The Morgan fingerprint density at radius 2 is 1.92 bits per heavy atom. The number of hydrogen-bond donors (Lipinski definition) is 0. The predicted molar refractivity (Wildman–Crippen MR) is 51.9 cm³/mol. The summed E-state index contributed by atoms with van der Waals surface area (Å²) >= 11 is 0. The highest BCUT2D eigenvalue weighted by atomic mass is 16.2. The first-order valence-corrected chi connectivity index (χ1v) is 4.74. The molecular formula is C10H18N2O. The van der Waals surface area contributed by atoms with Gasteiger partial charge in [-0.25, -0.2) is 0 Å². The Hall–Kier alpha value is -1.04. The van der Waals surface area contributed by atoms with Crippen molar-refractivity contribution < 1.29 is 4.79 Å². The molecule has 1 unspecified atom stereocenters. The summed E-state index contributed by atoms with van der Waals surface area (Å²) in [5, 5.41) is 8.58. The topological polar surface area (TPSA) is 44.1 Å². The quantitative estimate of drug-likeness (QED) is 0.665. The number of nitriles is 1. The molecule has 0 radical (unpaired) electrons. The van der Waals surface area contributed by atoms with E-state index in [1.165, 1.54) is 0 Å². The van der Waals surface area contributed by atoms with Crippen LogP contribution in [0.3, 0.4) is 0 Å². The average molecular weight is 182 g/mol. The van der Waals surface area contributed by atoms with Crippen molar-refractivity contribution in [2.75, 3.05) is 7.05 Å². The van der Waals surface area contributed by atoms with Gasteiger partial charge < -0.3 is 4.90 Å². The van der Waals surface area contributed by atoms with Gasteiger partial charge >= 0.3 is 0 Å². The summed E-state index contributed by atoms with van der Waals surface area (Å²) in [6.45, 7) is 5.74. The third-order valence-corrected chi connectivity index (χ3v) is 2.40. The summed E-state index contributed by atoms with van der Waals surface area (Å²) in [7, 11) is 1.77. The number of amides is 1. The van der Waals surface area contributed by atoms with Crippen molar-refractivity contribution in [3.63, 3.8) is 0 Å². The highest BCUT2D eigenvalue weighted by Gasteiger charge is 2.21. The Kier molecular flexibility index (Phi) is 5.13. The molecule has 0 rings (SSSR count). The van der Waals surface area contributed by atoms with E-state index in [0.717, 1.165) is 12.8 Å². The van der Waals surface area contributed by atoms with Crippen LogP contribution in [0.4, 0.5) is 0 Å². The van der Waals surface area contributed by atoms with Crippen molar-refractivity contribution in [1.29, 1.82) is 5.26 Å². The lowest BCUT2D eigenvalue weighted by Crippen LogP contribution is -2.39. The number of rotatable bonds is 4. The minimum Gasteiger partial charge on any atom is -0.342 e. The lowest BCUT2D eigenvalue weighted by atomic mass is 10.1. The molecule has 0 fully saturated rings. The number of nitrogens with zero attached hydrogens (tertiary/aromatic N) is 2. The molecule has 0 N–H and O–H groups in total. The standard InChI is InChI=1S/C10H18N2O/c1-5-9(6-2)12(4)10(13)8(3)7-11/h8-9H,5-6H2,1-4H3. The van der Waals surface area contributed by atoms with Crippen LogP contribution in [0.1, 0.15) is 33.6 Å². The molecule has 0 bridgehead atoms. The first-order chi connectivity index (χ1) is 6.08. The van der Waals surface area contributed by atoms with Crippen LogP contribution in [0, 0.1) is 17.2 Å². The molecule has 0 aromatic heterocycles. The van der Waals surface area contributed by atoms with E-state index in [1.807, 2.05) is 6.07 Å². The van der Waals surface area contributed by atoms with Gasteiger partial charge in [0.05, 0.1) is 6.07 Å². The molecule has 0 spiro atoms. The first-order valence-electron chi connectivity index (χ1n) is 4.74. The van der Waals surface area contributed by atoms with Crippen molar-refractivity contribution in [3.05, 3.63) is 0 Å². The van der Waals surface area contributed by atoms with E-state index in [1.54, 1.807) is 18.9 Å². The van der Waals surface area contributed by atoms with Crippen molar-refractivity contribution in [2.24, 2.45) is 5.92 Å². The molecule has 1 atom stereocenters. The van der Waals surface area contributed by atoms with Crippen LogP contribution in [0.25, 0.3) is 0 Å². The fourth-order valence-electron chi connectivity index (χ4n) is 1.38. The van der Waals surface area contributed by atoms with Gasteiger partial charge in [-0.2, -0.15) is 5.26 Å². The molecule has 0 aliphatic rings. The second-order valence-electron chi connectivity index (χ2n) is 3.27. The van der Waals surface area contributed by atoms with Gasteiger partial charge in [0.1, 0.15) is 5.92 Å². The van der Waals surface area contributed by atoms with E-state index in [9.17, 15) is 4.79 Å². The summed E-state index contributed by atoms with van der Waals surface area (Å²) in [6.07, 6.45) is 1.88. The normalized spacial score (nSPS) is 12.3. The van der Waals surface area contributed by atoms with Crippen LogP contribution >= 0.6 is 0 Å². The molecule has 0 saturated carbocycles. The second-order valence-corrected chi connectivity index (χ2v) is 3.27. The monoisotopic (exact) mass is 182 g/mol. The zero-order valence-electron chi connectivity index (χ0n) is 8.87. The Morgan fingerprint density at radius 3 is 2.23 bits per heavy atom. The van der Waals surface area contributed by atoms with Crippen LogP contribution in [0.5, 0.6) is 0 Å². The Morgan fingerprint density at radius 1 is 1.46 bits per heavy atom. The molecule has 74 valence electrons. The van der Waals surface area contributed by atoms with Gasteiger partial charge in [0, 0.05) is 13.1 Å². The summed E-state index contributed by atoms with van der Waals surface area (Å²) in [5.74, 6) is -0.596. The first kappa shape index (κ1) is 12.0. The second kappa shape index (κ2) is 5.58. The lowest BCUT2D eigenvalue weighted by molar-refractivity contribution is -0.134. The lowest BCUT2D eigenvalue weighted by Gasteiger charge is -2.27. The highest BCUT2D eigenvalue weighted by molar-refractivity contribution is 5.80. The zero-order chi connectivity index (χ0) is 10.4. The van der Waals surface area contributed by atoms with E-state index in [-0.39, 0.29) is 11.9 Å². The Balaban J connectivity index is 4.33. The van der Waals surface area contributed by atoms with Gasteiger partial charge in [-0.15, -0.1) is 0 Å². The SMILES string of the molecule is CCC(CC)N(C)C(=O)C(C)C#N. The maximum absolute atomic E-state index is 11.5. The van der Waals surface area contributed by atoms with E-state index < -0.39 is 5.92 Å².